The Morgan fingerprint density at radius 1 is 1.13 bits per heavy atom. The Kier molecular flexibility index (Phi) is 6.66. The molecule has 2 heterocycles. The molecule has 0 radical (unpaired) electrons. The number of nitrogens with one attached hydrogen (secondary N) is 1. The average molecular weight is 451 g/mol. The molecule has 1 aliphatic heterocycles. The van der Waals surface area contributed by atoms with Crippen molar-refractivity contribution < 1.29 is 13.2 Å². The molecule has 30 heavy (non-hydrogen) atoms. The van der Waals surface area contributed by atoms with Gasteiger partial charge in [-0.05, 0) is 37.7 Å². The van der Waals surface area contributed by atoms with Gasteiger partial charge in [-0.15, -0.1) is 11.3 Å². The minimum absolute atomic E-state index is 0.118. The van der Waals surface area contributed by atoms with Crippen molar-refractivity contribution in [1.82, 2.24) is 14.2 Å². The van der Waals surface area contributed by atoms with Crippen LogP contribution in [0, 0.1) is 6.92 Å². The van der Waals surface area contributed by atoms with Crippen molar-refractivity contribution in [3.05, 3.63) is 39.8 Å². The fraction of sp³-hybridized carbons (Fsp3) is 0.524. The van der Waals surface area contributed by atoms with E-state index in [0.29, 0.717) is 29.3 Å². The highest BCUT2D eigenvalue weighted by molar-refractivity contribution is 7.89. The average Bonchev–Trinajstić information content (AvgIpc) is 3.11. The normalized spacial score (nSPS) is 16.6. The summed E-state index contributed by atoms with van der Waals surface area (Å²) >= 11 is 1.39. The third-order valence-electron chi connectivity index (χ3n) is 5.17. The fourth-order valence-corrected chi connectivity index (χ4v) is 5.70. The summed E-state index contributed by atoms with van der Waals surface area (Å²) in [4.78, 5) is 20.3. The van der Waals surface area contributed by atoms with Gasteiger partial charge in [0.05, 0.1) is 15.6 Å². The monoisotopic (exact) mass is 450 g/mol. The lowest BCUT2D eigenvalue weighted by molar-refractivity contribution is 0.103. The summed E-state index contributed by atoms with van der Waals surface area (Å²) in [5.74, 6) is -0.230. The maximum atomic E-state index is 12.9. The standard InChI is InChI=1S/C21H30N4O3S2/c1-6-24-11-13-25(14-12-24)30(27,28)17-9-7-16(8-10-17)23-19(26)18-15(2)22-20(29-18)21(3,4)5/h7-10H,6,11-14H2,1-5H3,(H,23,26). The first kappa shape index (κ1) is 22.9. The van der Waals surface area contributed by atoms with Crippen molar-refractivity contribution in [3.8, 4) is 0 Å². The smallest absolute Gasteiger partial charge is 0.267 e. The predicted molar refractivity (Wildman–Crippen MR) is 121 cm³/mol. The Labute approximate surface area is 183 Å². The number of thiazole rings is 1. The lowest BCUT2D eigenvalue weighted by Crippen LogP contribution is -2.48. The minimum atomic E-state index is -3.52. The van der Waals surface area contributed by atoms with Crippen molar-refractivity contribution in [2.45, 2.75) is 44.9 Å². The Morgan fingerprint density at radius 3 is 2.23 bits per heavy atom. The lowest BCUT2D eigenvalue weighted by atomic mass is 9.98. The van der Waals surface area contributed by atoms with Crippen LogP contribution in [0.4, 0.5) is 5.69 Å². The zero-order chi connectivity index (χ0) is 22.1. The number of benzene rings is 1. The zero-order valence-electron chi connectivity index (χ0n) is 18.2. The van der Waals surface area contributed by atoms with Crippen molar-refractivity contribution >= 4 is 33.0 Å². The number of anilines is 1. The van der Waals surface area contributed by atoms with E-state index in [1.54, 1.807) is 24.3 Å². The second kappa shape index (κ2) is 8.74. The number of carbonyl (C=O) groups is 1. The molecule has 0 unspecified atom stereocenters. The number of amides is 1. The summed E-state index contributed by atoms with van der Waals surface area (Å²) in [6.45, 7) is 13.5. The molecule has 0 aliphatic carbocycles. The van der Waals surface area contributed by atoms with E-state index >= 15 is 0 Å². The second-order valence-corrected chi connectivity index (χ2v) is 11.4. The second-order valence-electron chi connectivity index (χ2n) is 8.50. The van der Waals surface area contributed by atoms with Crippen molar-refractivity contribution in [3.63, 3.8) is 0 Å². The molecule has 1 amide bonds. The first-order valence-electron chi connectivity index (χ1n) is 10.1. The van der Waals surface area contributed by atoms with Crippen molar-refractivity contribution in [2.24, 2.45) is 0 Å². The quantitative estimate of drug-likeness (QED) is 0.756. The maximum absolute atomic E-state index is 12.9. The van der Waals surface area contributed by atoms with Crippen LogP contribution >= 0.6 is 11.3 Å². The van der Waals surface area contributed by atoms with E-state index in [1.165, 1.54) is 15.6 Å². The summed E-state index contributed by atoms with van der Waals surface area (Å²) in [6, 6.07) is 6.37. The van der Waals surface area contributed by atoms with Crippen LogP contribution in [0.2, 0.25) is 0 Å². The van der Waals surface area contributed by atoms with Crippen LogP contribution in [0.3, 0.4) is 0 Å². The maximum Gasteiger partial charge on any atom is 0.267 e. The number of piperazine rings is 1. The summed E-state index contributed by atoms with van der Waals surface area (Å²) in [5.41, 5.74) is 1.14. The molecule has 164 valence electrons. The van der Waals surface area contributed by atoms with Crippen LogP contribution in [0.5, 0.6) is 0 Å². The molecular weight excluding hydrogens is 420 g/mol. The van der Waals surface area contributed by atoms with E-state index in [0.717, 1.165) is 24.6 Å². The molecule has 3 rings (SSSR count). The third-order valence-corrected chi connectivity index (χ3v) is 8.67. The molecule has 0 spiro atoms. The molecule has 9 heteroatoms. The number of rotatable bonds is 5. The van der Waals surface area contributed by atoms with Gasteiger partial charge in [0, 0.05) is 37.3 Å². The number of aromatic nitrogens is 1. The summed E-state index contributed by atoms with van der Waals surface area (Å²) < 4.78 is 27.3. The molecule has 1 aromatic carbocycles. The number of hydrogen-bond donors (Lipinski definition) is 1. The molecule has 7 nitrogen and oxygen atoms in total. The Balaban J connectivity index is 1.70. The van der Waals surface area contributed by atoms with Crippen LogP contribution in [0.15, 0.2) is 29.2 Å². The zero-order valence-corrected chi connectivity index (χ0v) is 19.9. The first-order chi connectivity index (χ1) is 14.0. The number of carbonyl (C=O) groups excluding carboxylic acids is 1. The highest BCUT2D eigenvalue weighted by Crippen LogP contribution is 2.30. The van der Waals surface area contributed by atoms with Crippen molar-refractivity contribution in [2.75, 3.05) is 38.0 Å². The summed E-state index contributed by atoms with van der Waals surface area (Å²) in [6.07, 6.45) is 0. The lowest BCUT2D eigenvalue weighted by Gasteiger charge is -2.33. The predicted octanol–water partition coefficient (Wildman–Crippen LogP) is 3.33. The highest BCUT2D eigenvalue weighted by atomic mass is 32.2. The van der Waals surface area contributed by atoms with Gasteiger partial charge in [-0.2, -0.15) is 4.31 Å². The SMILES string of the molecule is CCN1CCN(S(=O)(=O)c2ccc(NC(=O)c3sc(C(C)(C)C)nc3C)cc2)CC1. The van der Waals surface area contributed by atoms with Crippen LogP contribution in [-0.4, -0.2) is 61.2 Å². The van der Waals surface area contributed by atoms with E-state index in [-0.39, 0.29) is 16.2 Å². The largest absolute Gasteiger partial charge is 0.321 e. The molecule has 1 aromatic heterocycles. The number of likely N-dealkylation sites (N-methyl/N-ethyl adjacent to an activating group) is 1. The highest BCUT2D eigenvalue weighted by Gasteiger charge is 2.28. The fourth-order valence-electron chi connectivity index (χ4n) is 3.26. The molecule has 1 aliphatic rings. The van der Waals surface area contributed by atoms with Gasteiger partial charge in [0.25, 0.3) is 5.91 Å². The van der Waals surface area contributed by atoms with Gasteiger partial charge in [0.2, 0.25) is 10.0 Å². The van der Waals surface area contributed by atoms with Crippen LogP contribution < -0.4 is 5.32 Å². The molecule has 0 bridgehead atoms. The Bertz CT molecular complexity index is 1000. The van der Waals surface area contributed by atoms with E-state index in [1.807, 2.05) is 6.92 Å². The van der Waals surface area contributed by atoms with Crippen LogP contribution in [0.1, 0.15) is 48.1 Å². The van der Waals surface area contributed by atoms with Gasteiger partial charge in [-0.3, -0.25) is 4.79 Å². The Morgan fingerprint density at radius 2 is 1.73 bits per heavy atom. The van der Waals surface area contributed by atoms with Gasteiger partial charge >= 0.3 is 0 Å². The molecule has 0 saturated carbocycles. The topological polar surface area (TPSA) is 82.6 Å². The van der Waals surface area contributed by atoms with Gasteiger partial charge in [0.15, 0.2) is 0 Å². The van der Waals surface area contributed by atoms with Crippen LogP contribution in [0.25, 0.3) is 0 Å². The number of nitrogens with zero attached hydrogens (tertiary/aromatic N) is 3. The van der Waals surface area contributed by atoms with Gasteiger partial charge < -0.3 is 10.2 Å². The van der Waals surface area contributed by atoms with Gasteiger partial charge in [0.1, 0.15) is 4.88 Å². The molecule has 1 fully saturated rings. The van der Waals surface area contributed by atoms with Crippen molar-refractivity contribution in [1.29, 1.82) is 0 Å². The first-order valence-corrected chi connectivity index (χ1v) is 12.4. The van der Waals surface area contributed by atoms with Crippen LogP contribution in [-0.2, 0) is 15.4 Å². The molecule has 1 saturated heterocycles. The van der Waals surface area contributed by atoms with E-state index in [9.17, 15) is 13.2 Å². The summed E-state index contributed by atoms with van der Waals surface area (Å²) in [7, 11) is -3.52. The molecular formula is C21H30N4O3S2. The third kappa shape index (κ3) is 4.91. The number of hydrogen-bond acceptors (Lipinski definition) is 6. The number of sulfonamides is 1. The number of aryl methyl sites for hydroxylation is 1. The molecule has 1 N–H and O–H groups in total. The van der Waals surface area contributed by atoms with Gasteiger partial charge in [-0.1, -0.05) is 27.7 Å². The van der Waals surface area contributed by atoms with E-state index in [2.05, 4.69) is 42.9 Å². The Hall–Kier alpha value is -1.81. The van der Waals surface area contributed by atoms with Gasteiger partial charge in [-0.25, -0.2) is 13.4 Å². The minimum Gasteiger partial charge on any atom is -0.321 e. The van der Waals surface area contributed by atoms with E-state index < -0.39 is 10.0 Å². The van der Waals surface area contributed by atoms with E-state index in [4.69, 9.17) is 0 Å². The molecule has 0 atom stereocenters. The molecule has 2 aromatic rings. The summed E-state index contributed by atoms with van der Waals surface area (Å²) in [5, 5.41) is 3.76.